The first-order valence-electron chi connectivity index (χ1n) is 8.56. The Kier molecular flexibility index (Phi) is 4.78. The number of thiophene rings is 1. The Morgan fingerprint density at radius 1 is 1.35 bits per heavy atom. The van der Waals surface area contributed by atoms with Crippen molar-refractivity contribution in [3.8, 4) is 11.4 Å². The molecule has 1 aliphatic heterocycles. The summed E-state index contributed by atoms with van der Waals surface area (Å²) in [7, 11) is 0. The molecule has 1 aliphatic rings. The van der Waals surface area contributed by atoms with Gasteiger partial charge in [-0.1, -0.05) is 16.8 Å². The molecule has 0 bridgehead atoms. The quantitative estimate of drug-likeness (QED) is 0.659. The monoisotopic (exact) mass is 387 g/mol. The number of hydrogen-bond acceptors (Lipinski definition) is 5. The average Bonchev–Trinajstić information content (AvgIpc) is 3.30. The number of halogens is 1. The molecule has 0 saturated carbocycles. The van der Waals surface area contributed by atoms with Gasteiger partial charge in [0.2, 0.25) is 17.6 Å². The number of amides is 1. The molecule has 0 aliphatic carbocycles. The maximum absolute atomic E-state index is 12.7. The van der Waals surface area contributed by atoms with Gasteiger partial charge in [0.05, 0.1) is 6.04 Å². The van der Waals surface area contributed by atoms with Crippen LogP contribution >= 0.6 is 22.9 Å². The van der Waals surface area contributed by atoms with Crippen molar-refractivity contribution < 1.29 is 9.32 Å². The highest BCUT2D eigenvalue weighted by molar-refractivity contribution is 7.10. The van der Waals surface area contributed by atoms with Crippen molar-refractivity contribution in [2.24, 2.45) is 0 Å². The summed E-state index contributed by atoms with van der Waals surface area (Å²) in [6.07, 6.45) is 1.75. The molecule has 134 valence electrons. The molecule has 1 aromatic carbocycles. The smallest absolute Gasteiger partial charge is 0.227 e. The molecule has 7 heteroatoms. The van der Waals surface area contributed by atoms with Crippen molar-refractivity contribution in [1.29, 1.82) is 0 Å². The Morgan fingerprint density at radius 2 is 2.15 bits per heavy atom. The second-order valence-electron chi connectivity index (χ2n) is 6.33. The van der Waals surface area contributed by atoms with E-state index in [4.69, 9.17) is 16.1 Å². The summed E-state index contributed by atoms with van der Waals surface area (Å²) in [5.74, 6) is 1.11. The van der Waals surface area contributed by atoms with Crippen LogP contribution in [0.25, 0.3) is 11.4 Å². The summed E-state index contributed by atoms with van der Waals surface area (Å²) in [5, 5.41) is 6.75. The van der Waals surface area contributed by atoms with Gasteiger partial charge in [0.1, 0.15) is 0 Å². The minimum atomic E-state index is 0.126. The molecule has 0 N–H and O–H groups in total. The van der Waals surface area contributed by atoms with Crippen LogP contribution in [0.4, 0.5) is 0 Å². The summed E-state index contributed by atoms with van der Waals surface area (Å²) in [6.45, 7) is 2.86. The topological polar surface area (TPSA) is 59.2 Å². The zero-order valence-corrected chi connectivity index (χ0v) is 15.9. The van der Waals surface area contributed by atoms with Crippen LogP contribution in [0.1, 0.15) is 35.7 Å². The van der Waals surface area contributed by atoms with Crippen LogP contribution < -0.4 is 0 Å². The molecular formula is C19H18ClN3O2S. The SMILES string of the molecule is C[C@H]1c2ccsc2CCN1C(=O)CCc1nc(-c2ccc(Cl)cc2)no1. The summed E-state index contributed by atoms with van der Waals surface area (Å²) >= 11 is 7.67. The number of nitrogens with zero attached hydrogens (tertiary/aromatic N) is 3. The maximum atomic E-state index is 12.7. The summed E-state index contributed by atoms with van der Waals surface area (Å²) in [5.41, 5.74) is 2.11. The standard InChI is InChI=1S/C19H18ClN3O2S/c1-12-15-9-11-26-16(15)8-10-23(12)18(24)7-6-17-21-19(22-25-17)13-2-4-14(20)5-3-13/h2-5,9,11-12H,6-8,10H2,1H3/t12-/m0/s1. The fraction of sp³-hybridized carbons (Fsp3) is 0.316. The third kappa shape index (κ3) is 3.39. The van der Waals surface area contributed by atoms with E-state index in [9.17, 15) is 4.79 Å². The van der Waals surface area contributed by atoms with E-state index in [0.717, 1.165) is 18.5 Å². The summed E-state index contributed by atoms with van der Waals surface area (Å²) in [6, 6.07) is 9.51. The largest absolute Gasteiger partial charge is 0.339 e. The number of fused-ring (bicyclic) bond motifs is 1. The molecule has 0 unspecified atom stereocenters. The van der Waals surface area contributed by atoms with Gasteiger partial charge in [-0.2, -0.15) is 4.98 Å². The first-order valence-corrected chi connectivity index (χ1v) is 9.82. The third-order valence-corrected chi connectivity index (χ3v) is 5.97. The minimum Gasteiger partial charge on any atom is -0.339 e. The highest BCUT2D eigenvalue weighted by Gasteiger charge is 2.28. The summed E-state index contributed by atoms with van der Waals surface area (Å²) < 4.78 is 5.29. The van der Waals surface area contributed by atoms with Crippen LogP contribution in [0.5, 0.6) is 0 Å². The lowest BCUT2D eigenvalue weighted by molar-refractivity contribution is -0.133. The predicted molar refractivity (Wildman–Crippen MR) is 101 cm³/mol. The molecule has 5 nitrogen and oxygen atoms in total. The normalized spacial score (nSPS) is 16.5. The molecule has 3 heterocycles. The number of carbonyl (C=O) groups excluding carboxylic acids is 1. The molecular weight excluding hydrogens is 370 g/mol. The molecule has 0 radical (unpaired) electrons. The van der Waals surface area contributed by atoms with Crippen LogP contribution in [0, 0.1) is 0 Å². The Balaban J connectivity index is 1.39. The molecule has 4 rings (SSSR count). The second kappa shape index (κ2) is 7.21. The first kappa shape index (κ1) is 17.2. The number of carbonyl (C=O) groups is 1. The highest BCUT2D eigenvalue weighted by atomic mass is 35.5. The summed E-state index contributed by atoms with van der Waals surface area (Å²) in [4.78, 5) is 20.4. The second-order valence-corrected chi connectivity index (χ2v) is 7.77. The van der Waals surface area contributed by atoms with E-state index in [-0.39, 0.29) is 11.9 Å². The van der Waals surface area contributed by atoms with Crippen molar-refractivity contribution in [1.82, 2.24) is 15.0 Å². The minimum absolute atomic E-state index is 0.126. The predicted octanol–water partition coefficient (Wildman–Crippen LogP) is 4.53. The van der Waals surface area contributed by atoms with Crippen molar-refractivity contribution in [2.75, 3.05) is 6.54 Å². The zero-order valence-electron chi connectivity index (χ0n) is 14.3. The number of aromatic nitrogens is 2. The van der Waals surface area contributed by atoms with Crippen molar-refractivity contribution in [2.45, 2.75) is 32.2 Å². The van der Waals surface area contributed by atoms with Gasteiger partial charge in [0.25, 0.3) is 0 Å². The van der Waals surface area contributed by atoms with Crippen LogP contribution in [0.15, 0.2) is 40.2 Å². The van der Waals surface area contributed by atoms with Gasteiger partial charge >= 0.3 is 0 Å². The Bertz CT molecular complexity index is 919. The van der Waals surface area contributed by atoms with E-state index in [1.165, 1.54) is 10.4 Å². The lowest BCUT2D eigenvalue weighted by Crippen LogP contribution is -2.38. The fourth-order valence-corrected chi connectivity index (χ4v) is 4.37. The van der Waals surface area contributed by atoms with Gasteiger partial charge in [0.15, 0.2) is 0 Å². The zero-order chi connectivity index (χ0) is 18.1. The number of aryl methyl sites for hydroxylation is 1. The molecule has 26 heavy (non-hydrogen) atoms. The van der Waals surface area contributed by atoms with Crippen LogP contribution in [0.3, 0.4) is 0 Å². The van der Waals surface area contributed by atoms with E-state index in [1.54, 1.807) is 23.5 Å². The van der Waals surface area contributed by atoms with Gasteiger partial charge in [-0.25, -0.2) is 0 Å². The third-order valence-electron chi connectivity index (χ3n) is 4.72. The van der Waals surface area contributed by atoms with E-state index in [1.807, 2.05) is 17.0 Å². The van der Waals surface area contributed by atoms with E-state index in [0.29, 0.717) is 29.6 Å². The van der Waals surface area contributed by atoms with Crippen molar-refractivity contribution >= 4 is 28.8 Å². The van der Waals surface area contributed by atoms with Gasteiger partial charge in [0, 0.05) is 34.8 Å². The van der Waals surface area contributed by atoms with Crippen LogP contribution in [0.2, 0.25) is 5.02 Å². The highest BCUT2D eigenvalue weighted by Crippen LogP contribution is 2.33. The van der Waals surface area contributed by atoms with Crippen molar-refractivity contribution in [3.05, 3.63) is 57.1 Å². The van der Waals surface area contributed by atoms with E-state index < -0.39 is 0 Å². The lowest BCUT2D eigenvalue weighted by Gasteiger charge is -2.33. The number of hydrogen-bond donors (Lipinski definition) is 0. The average molecular weight is 388 g/mol. The van der Waals surface area contributed by atoms with Gasteiger partial charge < -0.3 is 9.42 Å². The van der Waals surface area contributed by atoms with Crippen molar-refractivity contribution in [3.63, 3.8) is 0 Å². The van der Waals surface area contributed by atoms with Gasteiger partial charge in [-0.05, 0) is 54.6 Å². The maximum Gasteiger partial charge on any atom is 0.227 e. The van der Waals surface area contributed by atoms with Crippen LogP contribution in [-0.4, -0.2) is 27.5 Å². The molecule has 1 atom stereocenters. The van der Waals surface area contributed by atoms with E-state index >= 15 is 0 Å². The Hall–Kier alpha value is -2.18. The molecule has 0 spiro atoms. The van der Waals surface area contributed by atoms with Crippen LogP contribution in [-0.2, 0) is 17.6 Å². The number of benzene rings is 1. The lowest BCUT2D eigenvalue weighted by atomic mass is 10.0. The van der Waals surface area contributed by atoms with E-state index in [2.05, 4.69) is 28.5 Å². The Morgan fingerprint density at radius 3 is 2.96 bits per heavy atom. The molecule has 1 amide bonds. The first-order chi connectivity index (χ1) is 12.6. The molecule has 3 aromatic rings. The van der Waals surface area contributed by atoms with Gasteiger partial charge in [-0.3, -0.25) is 4.79 Å². The molecule has 2 aromatic heterocycles. The fourth-order valence-electron chi connectivity index (χ4n) is 3.28. The Labute approximate surface area is 160 Å². The number of rotatable bonds is 4. The van der Waals surface area contributed by atoms with Gasteiger partial charge in [-0.15, -0.1) is 11.3 Å². The molecule has 0 fully saturated rings. The molecule has 0 saturated heterocycles.